The first-order valence-electron chi connectivity index (χ1n) is 5.73. The molecule has 1 aliphatic rings. The zero-order valence-electron chi connectivity index (χ0n) is 9.68. The summed E-state index contributed by atoms with van der Waals surface area (Å²) >= 11 is 0. The van der Waals surface area contributed by atoms with Crippen molar-refractivity contribution in [3.8, 4) is 0 Å². The van der Waals surface area contributed by atoms with E-state index in [9.17, 15) is 18.0 Å². The lowest BCUT2D eigenvalue weighted by Gasteiger charge is -2.16. The normalized spacial score (nSPS) is 14.4. The van der Waals surface area contributed by atoms with Crippen molar-refractivity contribution in [1.29, 1.82) is 0 Å². The molecule has 2 heterocycles. The third-order valence-corrected chi connectivity index (χ3v) is 2.98. The van der Waals surface area contributed by atoms with Crippen molar-refractivity contribution in [3.05, 3.63) is 27.5 Å². The molecular weight excluding hydrogens is 247 g/mol. The molecule has 7 heteroatoms. The molecule has 0 saturated carbocycles. The minimum atomic E-state index is -4.51. The Kier molecular flexibility index (Phi) is 3.34. The van der Waals surface area contributed by atoms with E-state index in [0.29, 0.717) is 37.9 Å². The van der Waals surface area contributed by atoms with Gasteiger partial charge in [-0.2, -0.15) is 13.2 Å². The maximum atomic E-state index is 12.9. The number of anilines is 1. The quantitative estimate of drug-likeness (QED) is 0.859. The number of nitrogens with zero attached hydrogens (tertiary/aromatic N) is 1. The fourth-order valence-electron chi connectivity index (χ4n) is 2.18. The summed E-state index contributed by atoms with van der Waals surface area (Å²) in [6.45, 7) is 1.20. The lowest BCUT2D eigenvalue weighted by atomic mass is 10.0. The third-order valence-electron chi connectivity index (χ3n) is 2.98. The smallest absolute Gasteiger partial charge is 0.369 e. The minimum Gasteiger partial charge on any atom is -0.369 e. The summed E-state index contributed by atoms with van der Waals surface area (Å²) in [5.74, 6) is 0.295. The molecule has 1 aliphatic heterocycles. The van der Waals surface area contributed by atoms with Crippen LogP contribution in [-0.4, -0.2) is 17.7 Å². The summed E-state index contributed by atoms with van der Waals surface area (Å²) in [6.07, 6.45) is -3.84. The fourth-order valence-corrected chi connectivity index (χ4v) is 2.18. The van der Waals surface area contributed by atoms with Gasteiger partial charge >= 0.3 is 6.18 Å². The van der Waals surface area contributed by atoms with Crippen LogP contribution >= 0.6 is 0 Å². The van der Waals surface area contributed by atoms with Crippen LogP contribution in [0.3, 0.4) is 0 Å². The van der Waals surface area contributed by atoms with Crippen LogP contribution in [0.5, 0.6) is 0 Å². The molecule has 0 aromatic carbocycles. The number of nitrogens with one attached hydrogen (secondary N) is 1. The predicted molar refractivity (Wildman–Crippen MR) is 61.6 cm³/mol. The monoisotopic (exact) mass is 261 g/mol. The van der Waals surface area contributed by atoms with Crippen LogP contribution in [0.2, 0.25) is 0 Å². The van der Waals surface area contributed by atoms with Gasteiger partial charge in [0, 0.05) is 24.7 Å². The van der Waals surface area contributed by atoms with Gasteiger partial charge in [0.1, 0.15) is 5.82 Å². The molecular formula is C11H14F3N3O. The average Bonchev–Trinajstić information content (AvgIpc) is 2.76. The van der Waals surface area contributed by atoms with Gasteiger partial charge in [0.05, 0.1) is 5.56 Å². The summed E-state index contributed by atoms with van der Waals surface area (Å²) in [4.78, 5) is 11.6. The molecule has 0 aliphatic carbocycles. The summed E-state index contributed by atoms with van der Waals surface area (Å²) in [5.41, 5.74) is 4.03. The standard InChI is InChI=1S/C11H14F3N3O/c12-11(13,14)8-6-9(18)17-5-4-16-10(17)7(8)2-1-3-15/h6,16H,1-5,15H2. The molecule has 1 aromatic rings. The van der Waals surface area contributed by atoms with Gasteiger partial charge in [-0.25, -0.2) is 0 Å². The Labute approximate surface area is 102 Å². The van der Waals surface area contributed by atoms with E-state index >= 15 is 0 Å². The number of nitrogens with two attached hydrogens (primary N) is 1. The average molecular weight is 261 g/mol. The number of aromatic nitrogens is 1. The second-order valence-corrected chi connectivity index (χ2v) is 4.19. The van der Waals surface area contributed by atoms with Crippen molar-refractivity contribution in [2.75, 3.05) is 18.4 Å². The van der Waals surface area contributed by atoms with Crippen molar-refractivity contribution < 1.29 is 13.2 Å². The molecule has 0 atom stereocenters. The maximum Gasteiger partial charge on any atom is 0.417 e. The topological polar surface area (TPSA) is 60.1 Å². The van der Waals surface area contributed by atoms with Crippen molar-refractivity contribution in [1.82, 2.24) is 4.57 Å². The molecule has 0 bridgehead atoms. The molecule has 4 nitrogen and oxygen atoms in total. The van der Waals surface area contributed by atoms with E-state index in [1.54, 1.807) is 0 Å². The summed E-state index contributed by atoms with van der Waals surface area (Å²) in [5, 5.41) is 2.85. The van der Waals surface area contributed by atoms with Gasteiger partial charge in [-0.3, -0.25) is 9.36 Å². The number of rotatable bonds is 3. The Balaban J connectivity index is 2.58. The first kappa shape index (κ1) is 12.9. The largest absolute Gasteiger partial charge is 0.417 e. The molecule has 2 rings (SSSR count). The van der Waals surface area contributed by atoms with Crippen LogP contribution in [0, 0.1) is 0 Å². The molecule has 1 aromatic heterocycles. The highest BCUT2D eigenvalue weighted by Gasteiger charge is 2.36. The molecule has 0 unspecified atom stereocenters. The third kappa shape index (κ3) is 2.22. The Morgan fingerprint density at radius 2 is 2.17 bits per heavy atom. The Morgan fingerprint density at radius 1 is 1.44 bits per heavy atom. The van der Waals surface area contributed by atoms with Gasteiger partial charge in [0.25, 0.3) is 5.56 Å². The van der Waals surface area contributed by atoms with E-state index in [1.165, 1.54) is 4.57 Å². The van der Waals surface area contributed by atoms with E-state index in [2.05, 4.69) is 5.32 Å². The van der Waals surface area contributed by atoms with Gasteiger partial charge in [0.15, 0.2) is 0 Å². The Hall–Kier alpha value is -1.50. The van der Waals surface area contributed by atoms with E-state index in [4.69, 9.17) is 5.73 Å². The number of fused-ring (bicyclic) bond motifs is 1. The summed E-state index contributed by atoms with van der Waals surface area (Å²) in [6, 6.07) is 0.683. The second kappa shape index (κ2) is 4.64. The number of pyridine rings is 1. The first-order chi connectivity index (χ1) is 8.45. The van der Waals surface area contributed by atoms with Crippen LogP contribution < -0.4 is 16.6 Å². The predicted octanol–water partition coefficient (Wildman–Crippen LogP) is 1.18. The zero-order chi connectivity index (χ0) is 13.3. The molecule has 18 heavy (non-hydrogen) atoms. The van der Waals surface area contributed by atoms with E-state index in [-0.39, 0.29) is 12.0 Å². The van der Waals surface area contributed by atoms with Gasteiger partial charge in [-0.05, 0) is 19.4 Å². The molecule has 0 spiro atoms. The van der Waals surface area contributed by atoms with Crippen molar-refractivity contribution >= 4 is 5.82 Å². The van der Waals surface area contributed by atoms with Crippen LogP contribution in [0.15, 0.2) is 10.9 Å². The molecule has 0 fully saturated rings. The molecule has 3 N–H and O–H groups in total. The highest BCUT2D eigenvalue weighted by atomic mass is 19.4. The summed E-state index contributed by atoms with van der Waals surface area (Å²) in [7, 11) is 0. The van der Waals surface area contributed by atoms with Gasteiger partial charge < -0.3 is 11.1 Å². The highest BCUT2D eigenvalue weighted by molar-refractivity contribution is 5.52. The number of hydrogen-bond acceptors (Lipinski definition) is 3. The fraction of sp³-hybridized carbons (Fsp3) is 0.545. The van der Waals surface area contributed by atoms with Crippen LogP contribution in [0.1, 0.15) is 17.5 Å². The SMILES string of the molecule is NCCCc1c(C(F)(F)F)cc(=O)n2c1NCC2. The summed E-state index contributed by atoms with van der Waals surface area (Å²) < 4.78 is 40.1. The molecule has 100 valence electrons. The molecule has 0 radical (unpaired) electrons. The number of hydrogen-bond donors (Lipinski definition) is 2. The van der Waals surface area contributed by atoms with Crippen LogP contribution in [0.25, 0.3) is 0 Å². The highest BCUT2D eigenvalue weighted by Crippen LogP contribution is 2.35. The van der Waals surface area contributed by atoms with Crippen molar-refractivity contribution in [2.24, 2.45) is 5.73 Å². The van der Waals surface area contributed by atoms with E-state index in [0.717, 1.165) is 0 Å². The lowest BCUT2D eigenvalue weighted by molar-refractivity contribution is -0.138. The van der Waals surface area contributed by atoms with Gasteiger partial charge in [-0.15, -0.1) is 0 Å². The molecule has 0 saturated heterocycles. The van der Waals surface area contributed by atoms with Gasteiger partial charge in [-0.1, -0.05) is 0 Å². The number of alkyl halides is 3. The second-order valence-electron chi connectivity index (χ2n) is 4.19. The van der Waals surface area contributed by atoms with E-state index < -0.39 is 17.3 Å². The Morgan fingerprint density at radius 3 is 2.78 bits per heavy atom. The first-order valence-corrected chi connectivity index (χ1v) is 5.73. The van der Waals surface area contributed by atoms with Crippen molar-refractivity contribution in [2.45, 2.75) is 25.6 Å². The number of halogens is 3. The van der Waals surface area contributed by atoms with E-state index in [1.807, 2.05) is 0 Å². The maximum absolute atomic E-state index is 12.9. The lowest BCUT2D eigenvalue weighted by Crippen LogP contribution is -2.23. The van der Waals surface area contributed by atoms with Gasteiger partial charge in [0.2, 0.25) is 0 Å². The minimum absolute atomic E-state index is 0.144. The Bertz CT molecular complexity index is 507. The molecule has 0 amide bonds. The van der Waals surface area contributed by atoms with Crippen LogP contribution in [0.4, 0.5) is 19.0 Å². The zero-order valence-corrected chi connectivity index (χ0v) is 9.68. The van der Waals surface area contributed by atoms with Crippen LogP contribution in [-0.2, 0) is 19.1 Å². The van der Waals surface area contributed by atoms with Crippen molar-refractivity contribution in [3.63, 3.8) is 0 Å².